The zero-order valence-corrected chi connectivity index (χ0v) is 12.5. The molecular formula is C15H19N3S. The molecule has 19 heavy (non-hydrogen) atoms. The molecule has 0 aliphatic heterocycles. The minimum absolute atomic E-state index is 0.881. The third-order valence-electron chi connectivity index (χ3n) is 3.70. The SMILES string of the molecule is CNc1nc(-c2cc(C)sc2C)nc2c1CCCC2. The Morgan fingerprint density at radius 2 is 1.95 bits per heavy atom. The predicted octanol–water partition coefficient (Wildman–Crippen LogP) is 3.74. The van der Waals surface area contributed by atoms with E-state index < -0.39 is 0 Å². The average Bonchev–Trinajstić information content (AvgIpc) is 2.76. The average molecular weight is 273 g/mol. The van der Waals surface area contributed by atoms with Gasteiger partial charge in [0.15, 0.2) is 5.82 Å². The Morgan fingerprint density at radius 1 is 1.16 bits per heavy atom. The minimum Gasteiger partial charge on any atom is -0.373 e. The fraction of sp³-hybridized carbons (Fsp3) is 0.467. The highest BCUT2D eigenvalue weighted by Gasteiger charge is 2.19. The molecule has 2 heterocycles. The fourth-order valence-electron chi connectivity index (χ4n) is 2.77. The largest absolute Gasteiger partial charge is 0.373 e. The number of hydrogen-bond acceptors (Lipinski definition) is 4. The van der Waals surface area contributed by atoms with Gasteiger partial charge < -0.3 is 5.32 Å². The third kappa shape index (κ3) is 2.25. The molecule has 0 aromatic carbocycles. The van der Waals surface area contributed by atoms with Gasteiger partial charge in [0.1, 0.15) is 5.82 Å². The summed E-state index contributed by atoms with van der Waals surface area (Å²) in [6.45, 7) is 4.29. The first-order valence-electron chi connectivity index (χ1n) is 6.84. The summed E-state index contributed by atoms with van der Waals surface area (Å²) in [5, 5.41) is 3.24. The van der Waals surface area contributed by atoms with E-state index in [4.69, 9.17) is 9.97 Å². The van der Waals surface area contributed by atoms with Crippen LogP contribution in [0.25, 0.3) is 11.4 Å². The van der Waals surface area contributed by atoms with Gasteiger partial charge in [-0.3, -0.25) is 0 Å². The van der Waals surface area contributed by atoms with Crippen molar-refractivity contribution in [2.75, 3.05) is 12.4 Å². The van der Waals surface area contributed by atoms with Crippen molar-refractivity contribution in [2.45, 2.75) is 39.5 Å². The van der Waals surface area contributed by atoms with Crippen LogP contribution in [0.1, 0.15) is 33.9 Å². The van der Waals surface area contributed by atoms with E-state index in [1.165, 1.54) is 39.4 Å². The summed E-state index contributed by atoms with van der Waals surface area (Å²) >= 11 is 1.81. The van der Waals surface area contributed by atoms with Crippen molar-refractivity contribution in [3.8, 4) is 11.4 Å². The Kier molecular flexibility index (Phi) is 3.27. The number of rotatable bonds is 2. The van der Waals surface area contributed by atoms with E-state index in [1.54, 1.807) is 0 Å². The van der Waals surface area contributed by atoms with E-state index in [2.05, 4.69) is 25.2 Å². The molecule has 0 atom stereocenters. The van der Waals surface area contributed by atoms with Gasteiger partial charge in [0.05, 0.1) is 0 Å². The van der Waals surface area contributed by atoms with Crippen LogP contribution in [0, 0.1) is 13.8 Å². The van der Waals surface area contributed by atoms with Gasteiger partial charge >= 0.3 is 0 Å². The Bertz CT molecular complexity index is 599. The van der Waals surface area contributed by atoms with Crippen LogP contribution in [-0.4, -0.2) is 17.0 Å². The molecule has 0 radical (unpaired) electrons. The van der Waals surface area contributed by atoms with E-state index in [0.29, 0.717) is 0 Å². The number of hydrogen-bond donors (Lipinski definition) is 1. The van der Waals surface area contributed by atoms with Gasteiger partial charge in [0.2, 0.25) is 0 Å². The molecule has 0 spiro atoms. The van der Waals surface area contributed by atoms with Crippen LogP contribution in [0.15, 0.2) is 6.07 Å². The molecule has 0 saturated heterocycles. The zero-order valence-electron chi connectivity index (χ0n) is 11.7. The number of nitrogens with zero attached hydrogens (tertiary/aromatic N) is 2. The monoisotopic (exact) mass is 273 g/mol. The molecule has 3 nitrogen and oxygen atoms in total. The van der Waals surface area contributed by atoms with Crippen LogP contribution in [0.3, 0.4) is 0 Å². The van der Waals surface area contributed by atoms with Crippen molar-refractivity contribution in [1.29, 1.82) is 0 Å². The fourth-order valence-corrected chi connectivity index (χ4v) is 3.69. The van der Waals surface area contributed by atoms with Gasteiger partial charge in [-0.1, -0.05) is 0 Å². The van der Waals surface area contributed by atoms with Gasteiger partial charge in [-0.05, 0) is 45.6 Å². The lowest BCUT2D eigenvalue weighted by atomic mass is 9.96. The smallest absolute Gasteiger partial charge is 0.162 e. The molecule has 1 aliphatic carbocycles. The quantitative estimate of drug-likeness (QED) is 0.905. The van der Waals surface area contributed by atoms with Crippen LogP contribution >= 0.6 is 11.3 Å². The Labute approximate surface area is 118 Å². The lowest BCUT2D eigenvalue weighted by molar-refractivity contribution is 0.665. The molecule has 2 aromatic heterocycles. The summed E-state index contributed by atoms with van der Waals surface area (Å²) in [7, 11) is 1.95. The summed E-state index contributed by atoms with van der Waals surface area (Å²) in [6.07, 6.45) is 4.68. The van der Waals surface area contributed by atoms with Crippen LogP contribution in [0.2, 0.25) is 0 Å². The molecule has 1 N–H and O–H groups in total. The molecule has 0 bridgehead atoms. The maximum atomic E-state index is 4.82. The topological polar surface area (TPSA) is 37.8 Å². The Hall–Kier alpha value is -1.42. The first kappa shape index (κ1) is 12.6. The summed E-state index contributed by atoms with van der Waals surface area (Å²) in [4.78, 5) is 12.2. The highest BCUT2D eigenvalue weighted by atomic mass is 32.1. The number of nitrogens with one attached hydrogen (secondary N) is 1. The summed E-state index contributed by atoms with van der Waals surface area (Å²) in [6, 6.07) is 2.20. The van der Waals surface area contributed by atoms with Gasteiger partial charge in [-0.2, -0.15) is 0 Å². The van der Waals surface area contributed by atoms with Crippen LogP contribution in [0.4, 0.5) is 5.82 Å². The molecule has 3 rings (SSSR count). The van der Waals surface area contributed by atoms with Crippen molar-refractivity contribution in [1.82, 2.24) is 9.97 Å². The summed E-state index contributed by atoms with van der Waals surface area (Å²) in [5.41, 5.74) is 3.75. The van der Waals surface area contributed by atoms with E-state index in [9.17, 15) is 0 Å². The number of aromatic nitrogens is 2. The maximum absolute atomic E-state index is 4.82. The summed E-state index contributed by atoms with van der Waals surface area (Å²) < 4.78 is 0. The van der Waals surface area contributed by atoms with Crippen LogP contribution < -0.4 is 5.32 Å². The van der Waals surface area contributed by atoms with Crippen molar-refractivity contribution >= 4 is 17.2 Å². The number of aryl methyl sites for hydroxylation is 3. The second kappa shape index (κ2) is 4.93. The Morgan fingerprint density at radius 3 is 2.63 bits per heavy atom. The minimum atomic E-state index is 0.881. The van der Waals surface area contributed by atoms with E-state index >= 15 is 0 Å². The predicted molar refractivity (Wildman–Crippen MR) is 81.0 cm³/mol. The standard InChI is InChI=1S/C15H19N3S/c1-9-8-12(10(2)19-9)15-17-13-7-5-4-6-11(13)14(16-3)18-15/h8H,4-7H2,1-3H3,(H,16,17,18). The van der Waals surface area contributed by atoms with Gasteiger partial charge in [-0.25, -0.2) is 9.97 Å². The maximum Gasteiger partial charge on any atom is 0.162 e. The molecule has 1 aliphatic rings. The molecule has 0 amide bonds. The highest BCUT2D eigenvalue weighted by molar-refractivity contribution is 7.12. The van der Waals surface area contributed by atoms with Gasteiger partial charge in [0.25, 0.3) is 0 Å². The van der Waals surface area contributed by atoms with Crippen molar-refractivity contribution in [2.24, 2.45) is 0 Å². The van der Waals surface area contributed by atoms with E-state index in [0.717, 1.165) is 24.5 Å². The molecule has 0 unspecified atom stereocenters. The molecule has 2 aromatic rings. The second-order valence-corrected chi connectivity index (χ2v) is 6.57. The van der Waals surface area contributed by atoms with Crippen LogP contribution in [-0.2, 0) is 12.8 Å². The van der Waals surface area contributed by atoms with E-state index in [-0.39, 0.29) is 0 Å². The van der Waals surface area contributed by atoms with Gasteiger partial charge in [0, 0.05) is 33.6 Å². The summed E-state index contributed by atoms with van der Waals surface area (Å²) in [5.74, 6) is 1.90. The van der Waals surface area contributed by atoms with Crippen molar-refractivity contribution in [3.63, 3.8) is 0 Å². The van der Waals surface area contributed by atoms with Crippen molar-refractivity contribution < 1.29 is 0 Å². The molecule has 0 saturated carbocycles. The van der Waals surface area contributed by atoms with E-state index in [1.807, 2.05) is 18.4 Å². The van der Waals surface area contributed by atoms with Crippen molar-refractivity contribution in [3.05, 3.63) is 27.1 Å². The Balaban J connectivity index is 2.15. The molecule has 100 valence electrons. The lowest BCUT2D eigenvalue weighted by Gasteiger charge is -2.18. The van der Waals surface area contributed by atoms with Gasteiger partial charge in [-0.15, -0.1) is 11.3 Å². The second-order valence-electron chi connectivity index (χ2n) is 5.11. The zero-order chi connectivity index (χ0) is 13.4. The molecule has 0 fully saturated rings. The number of fused-ring (bicyclic) bond motifs is 1. The van der Waals surface area contributed by atoms with Crippen LogP contribution in [0.5, 0.6) is 0 Å². The first-order chi connectivity index (χ1) is 9.19. The normalized spacial score (nSPS) is 14.3. The first-order valence-corrected chi connectivity index (χ1v) is 7.65. The lowest BCUT2D eigenvalue weighted by Crippen LogP contribution is -2.11. The third-order valence-corrected chi connectivity index (χ3v) is 4.67. The number of thiophene rings is 1. The number of anilines is 1. The molecule has 4 heteroatoms. The highest BCUT2D eigenvalue weighted by Crippen LogP contribution is 2.32. The molecular weight excluding hydrogens is 254 g/mol.